The highest BCUT2D eigenvalue weighted by atomic mass is 32.2. The summed E-state index contributed by atoms with van der Waals surface area (Å²) < 4.78 is 39.1. The van der Waals surface area contributed by atoms with Crippen molar-refractivity contribution in [2.75, 3.05) is 38.6 Å². The number of nitrogens with zero attached hydrogens (tertiary/aromatic N) is 2. The van der Waals surface area contributed by atoms with Crippen LogP contribution in [0.3, 0.4) is 0 Å². The van der Waals surface area contributed by atoms with Crippen molar-refractivity contribution in [2.45, 2.75) is 46.0 Å². The zero-order valence-electron chi connectivity index (χ0n) is 14.3. The van der Waals surface area contributed by atoms with Crippen molar-refractivity contribution in [2.24, 2.45) is 11.3 Å². The minimum absolute atomic E-state index is 0.123. The van der Waals surface area contributed by atoms with E-state index in [0.717, 1.165) is 25.7 Å². The van der Waals surface area contributed by atoms with Gasteiger partial charge in [-0.1, -0.05) is 33.1 Å². The van der Waals surface area contributed by atoms with Gasteiger partial charge in [0.1, 0.15) is 0 Å². The molecule has 23 heavy (non-hydrogen) atoms. The van der Waals surface area contributed by atoms with Crippen molar-refractivity contribution in [1.82, 2.24) is 9.21 Å². The average Bonchev–Trinajstić information content (AvgIpc) is 2.54. The van der Waals surface area contributed by atoms with Gasteiger partial charge in [0.25, 0.3) is 0 Å². The Hall–Kier alpha value is -0.690. The number of carbonyl (C=O) groups is 1. The smallest absolute Gasteiger partial charge is 0.225 e. The zero-order chi connectivity index (χ0) is 17.1. The first-order chi connectivity index (χ1) is 10.7. The Labute approximate surface area is 139 Å². The first kappa shape index (κ1) is 18.6. The molecule has 0 unspecified atom stereocenters. The SMILES string of the molecule is CC(C)(CF)CS(=O)(=O)N1CCN(C(=O)C2CCCCC2)CC1. The molecule has 0 bridgehead atoms. The number of hydrogen-bond donors (Lipinski definition) is 0. The highest BCUT2D eigenvalue weighted by Crippen LogP contribution is 2.26. The van der Waals surface area contributed by atoms with Gasteiger partial charge >= 0.3 is 0 Å². The van der Waals surface area contributed by atoms with E-state index in [1.807, 2.05) is 4.90 Å². The number of hydrogen-bond acceptors (Lipinski definition) is 3. The topological polar surface area (TPSA) is 57.7 Å². The molecule has 1 aliphatic carbocycles. The van der Waals surface area contributed by atoms with E-state index in [1.165, 1.54) is 10.7 Å². The Morgan fingerprint density at radius 2 is 1.65 bits per heavy atom. The molecule has 2 rings (SSSR count). The Balaban J connectivity index is 1.89. The molecular formula is C16H29FN2O3S. The molecular weight excluding hydrogens is 319 g/mol. The molecule has 1 heterocycles. The van der Waals surface area contributed by atoms with Crippen LogP contribution in [0.4, 0.5) is 4.39 Å². The van der Waals surface area contributed by atoms with Gasteiger partial charge in [0.05, 0.1) is 12.4 Å². The Morgan fingerprint density at radius 3 is 2.17 bits per heavy atom. The van der Waals surface area contributed by atoms with Crippen LogP contribution in [-0.2, 0) is 14.8 Å². The number of rotatable bonds is 5. The van der Waals surface area contributed by atoms with E-state index in [9.17, 15) is 17.6 Å². The molecule has 5 nitrogen and oxygen atoms in total. The molecule has 2 fully saturated rings. The van der Waals surface area contributed by atoms with E-state index < -0.39 is 22.1 Å². The van der Waals surface area contributed by atoms with E-state index in [1.54, 1.807) is 13.8 Å². The van der Waals surface area contributed by atoms with Gasteiger partial charge in [-0.25, -0.2) is 8.42 Å². The molecule has 0 spiro atoms. The second-order valence-electron chi connectivity index (χ2n) is 7.61. The lowest BCUT2D eigenvalue weighted by molar-refractivity contribution is -0.137. The van der Waals surface area contributed by atoms with Crippen molar-refractivity contribution in [3.63, 3.8) is 0 Å². The molecule has 0 N–H and O–H groups in total. The van der Waals surface area contributed by atoms with Gasteiger partial charge in [0.2, 0.25) is 15.9 Å². The van der Waals surface area contributed by atoms with Crippen molar-refractivity contribution in [3.8, 4) is 0 Å². The summed E-state index contributed by atoms with van der Waals surface area (Å²) in [5, 5.41) is 0. The molecule has 1 saturated carbocycles. The molecule has 0 aromatic carbocycles. The summed E-state index contributed by atoms with van der Waals surface area (Å²) in [4.78, 5) is 14.3. The van der Waals surface area contributed by atoms with Crippen molar-refractivity contribution in [1.29, 1.82) is 0 Å². The van der Waals surface area contributed by atoms with E-state index >= 15 is 0 Å². The third-order valence-corrected chi connectivity index (χ3v) is 7.13. The normalized spacial score (nSPS) is 22.3. The average molecular weight is 348 g/mol. The van der Waals surface area contributed by atoms with Crippen LogP contribution in [-0.4, -0.2) is 62.1 Å². The summed E-state index contributed by atoms with van der Waals surface area (Å²) in [6.07, 6.45) is 5.36. The molecule has 2 aliphatic rings. The molecule has 0 atom stereocenters. The Morgan fingerprint density at radius 1 is 1.09 bits per heavy atom. The molecule has 7 heteroatoms. The summed E-state index contributed by atoms with van der Waals surface area (Å²) in [6.45, 7) is 4.12. The molecule has 0 radical (unpaired) electrons. The fourth-order valence-corrected chi connectivity index (χ4v) is 5.38. The lowest BCUT2D eigenvalue weighted by Crippen LogP contribution is -2.53. The molecule has 1 amide bonds. The van der Waals surface area contributed by atoms with Crippen LogP contribution < -0.4 is 0 Å². The third kappa shape index (κ3) is 4.89. The molecule has 1 aliphatic heterocycles. The monoisotopic (exact) mass is 348 g/mol. The van der Waals surface area contributed by atoms with Crippen LogP contribution in [0.25, 0.3) is 0 Å². The first-order valence-electron chi connectivity index (χ1n) is 8.58. The largest absolute Gasteiger partial charge is 0.340 e. The minimum Gasteiger partial charge on any atom is -0.340 e. The van der Waals surface area contributed by atoms with Gasteiger partial charge in [-0.3, -0.25) is 9.18 Å². The van der Waals surface area contributed by atoms with Gasteiger partial charge < -0.3 is 4.90 Å². The third-order valence-electron chi connectivity index (χ3n) is 4.83. The van der Waals surface area contributed by atoms with Crippen LogP contribution in [0.5, 0.6) is 0 Å². The highest BCUT2D eigenvalue weighted by Gasteiger charge is 2.35. The summed E-state index contributed by atoms with van der Waals surface area (Å²) in [6, 6.07) is 0. The van der Waals surface area contributed by atoms with Crippen LogP contribution in [0.2, 0.25) is 0 Å². The van der Waals surface area contributed by atoms with Crippen molar-refractivity contribution >= 4 is 15.9 Å². The second-order valence-corrected chi connectivity index (χ2v) is 9.58. The number of carbonyl (C=O) groups excluding carboxylic acids is 1. The van der Waals surface area contributed by atoms with Gasteiger partial charge in [-0.15, -0.1) is 0 Å². The molecule has 0 aromatic heterocycles. The summed E-state index contributed by atoms with van der Waals surface area (Å²) in [5.74, 6) is 0.121. The van der Waals surface area contributed by atoms with Crippen molar-refractivity contribution < 1.29 is 17.6 Å². The number of halogens is 1. The maximum atomic E-state index is 12.9. The van der Waals surface area contributed by atoms with Gasteiger partial charge in [0.15, 0.2) is 0 Å². The number of alkyl halides is 1. The predicted molar refractivity (Wildman–Crippen MR) is 88.3 cm³/mol. The lowest BCUT2D eigenvalue weighted by Gasteiger charge is -2.37. The molecule has 0 aromatic rings. The van der Waals surface area contributed by atoms with Crippen LogP contribution in [0.15, 0.2) is 0 Å². The Bertz CT molecular complexity index is 507. The number of amides is 1. The summed E-state index contributed by atoms with van der Waals surface area (Å²) >= 11 is 0. The first-order valence-corrected chi connectivity index (χ1v) is 10.2. The highest BCUT2D eigenvalue weighted by molar-refractivity contribution is 7.89. The maximum Gasteiger partial charge on any atom is 0.225 e. The number of sulfonamides is 1. The van der Waals surface area contributed by atoms with E-state index in [4.69, 9.17) is 0 Å². The van der Waals surface area contributed by atoms with Gasteiger partial charge in [-0.05, 0) is 12.8 Å². The fourth-order valence-electron chi connectivity index (χ4n) is 3.42. The Kier molecular flexibility index (Phi) is 6.05. The van der Waals surface area contributed by atoms with Crippen LogP contribution >= 0.6 is 0 Å². The standard InChI is InChI=1S/C16H29FN2O3S/c1-16(2,12-17)13-23(21,22)19-10-8-18(9-11-19)15(20)14-6-4-3-5-7-14/h14H,3-13H2,1-2H3. The maximum absolute atomic E-state index is 12.9. The predicted octanol–water partition coefficient (Wildman–Crippen LogP) is 2.04. The quantitative estimate of drug-likeness (QED) is 0.764. The fraction of sp³-hybridized carbons (Fsp3) is 0.938. The molecule has 134 valence electrons. The number of piperazine rings is 1. The zero-order valence-corrected chi connectivity index (χ0v) is 15.1. The summed E-state index contributed by atoms with van der Waals surface area (Å²) in [7, 11) is -3.47. The van der Waals surface area contributed by atoms with E-state index in [0.29, 0.717) is 26.2 Å². The minimum atomic E-state index is -3.47. The van der Waals surface area contributed by atoms with E-state index in [2.05, 4.69) is 0 Å². The van der Waals surface area contributed by atoms with Crippen LogP contribution in [0, 0.1) is 11.3 Å². The van der Waals surface area contributed by atoms with Crippen LogP contribution in [0.1, 0.15) is 46.0 Å². The van der Waals surface area contributed by atoms with Crippen molar-refractivity contribution in [3.05, 3.63) is 0 Å². The lowest BCUT2D eigenvalue weighted by atomic mass is 9.88. The van der Waals surface area contributed by atoms with Gasteiger partial charge in [0, 0.05) is 37.5 Å². The molecule has 1 saturated heterocycles. The summed E-state index contributed by atoms with van der Waals surface area (Å²) in [5.41, 5.74) is -0.867. The second kappa shape index (κ2) is 7.47. The van der Waals surface area contributed by atoms with Gasteiger partial charge in [-0.2, -0.15) is 4.31 Å². The van der Waals surface area contributed by atoms with E-state index in [-0.39, 0.29) is 17.6 Å².